The molecule has 0 bridgehead atoms. The fourth-order valence-electron chi connectivity index (χ4n) is 1.20. The number of aliphatic hydroxyl groups is 3. The number of azide groups is 1. The van der Waals surface area contributed by atoms with Crippen LogP contribution < -0.4 is 0 Å². The molecule has 3 N–H and O–H groups in total. The number of hydrogen-bond donors (Lipinski definition) is 3. The van der Waals surface area contributed by atoms with Crippen molar-refractivity contribution in [2.24, 2.45) is 5.11 Å². The van der Waals surface area contributed by atoms with Gasteiger partial charge in [0.25, 0.3) is 0 Å². The Balaban J connectivity index is 2.77. The van der Waals surface area contributed by atoms with Gasteiger partial charge in [-0.2, -0.15) is 0 Å². The highest BCUT2D eigenvalue weighted by atomic mass is 19.1. The van der Waals surface area contributed by atoms with Gasteiger partial charge in [0.15, 0.2) is 12.4 Å². The molecule has 0 amide bonds. The van der Waals surface area contributed by atoms with Crippen molar-refractivity contribution in [3.63, 3.8) is 0 Å². The van der Waals surface area contributed by atoms with Crippen LogP contribution in [0, 0.1) is 0 Å². The standard InChI is InChI=1S/C6H10FN3O4/c7-3-5(13)4(12)2(1-11)14-6(3)9-10-8/h2-6,11-13H,1H2/t2?,3?,4-,5-,6-/m1/s1. The highest BCUT2D eigenvalue weighted by Gasteiger charge is 2.44. The Morgan fingerprint density at radius 1 is 1.43 bits per heavy atom. The maximum Gasteiger partial charge on any atom is 0.170 e. The predicted molar refractivity (Wildman–Crippen MR) is 41.8 cm³/mol. The number of halogens is 1. The van der Waals surface area contributed by atoms with Gasteiger partial charge in [-0.15, -0.1) is 0 Å². The second-order valence-corrected chi connectivity index (χ2v) is 2.88. The minimum atomic E-state index is -2.00. The van der Waals surface area contributed by atoms with Crippen LogP contribution in [0.3, 0.4) is 0 Å². The van der Waals surface area contributed by atoms with Crippen molar-refractivity contribution in [1.82, 2.24) is 0 Å². The lowest BCUT2D eigenvalue weighted by Gasteiger charge is -2.36. The average Bonchev–Trinajstić information content (AvgIpc) is 2.19. The Labute approximate surface area is 78.4 Å². The van der Waals surface area contributed by atoms with Crippen LogP contribution in [0.25, 0.3) is 10.4 Å². The van der Waals surface area contributed by atoms with Gasteiger partial charge < -0.3 is 20.1 Å². The molecular weight excluding hydrogens is 197 g/mol. The molecule has 14 heavy (non-hydrogen) atoms. The molecule has 8 heteroatoms. The summed E-state index contributed by atoms with van der Waals surface area (Å²) in [5, 5.41) is 30.0. The molecular formula is C6H10FN3O4. The van der Waals surface area contributed by atoms with E-state index >= 15 is 0 Å². The lowest BCUT2D eigenvalue weighted by Crippen LogP contribution is -2.56. The van der Waals surface area contributed by atoms with Gasteiger partial charge in [-0.05, 0) is 5.53 Å². The summed E-state index contributed by atoms with van der Waals surface area (Å²) in [6.45, 7) is -0.595. The molecule has 1 fully saturated rings. The lowest BCUT2D eigenvalue weighted by atomic mass is 10.00. The Morgan fingerprint density at radius 2 is 2.07 bits per heavy atom. The third kappa shape index (κ3) is 1.94. The topological polar surface area (TPSA) is 119 Å². The zero-order valence-electron chi connectivity index (χ0n) is 7.06. The summed E-state index contributed by atoms with van der Waals surface area (Å²) in [6.07, 6.45) is -7.91. The van der Waals surface area contributed by atoms with Gasteiger partial charge in [-0.3, -0.25) is 0 Å². The third-order valence-electron chi connectivity index (χ3n) is 1.99. The molecule has 1 saturated heterocycles. The van der Waals surface area contributed by atoms with Gasteiger partial charge in [0.1, 0.15) is 18.3 Å². The van der Waals surface area contributed by atoms with Crippen LogP contribution in [-0.2, 0) is 4.74 Å². The summed E-state index contributed by atoms with van der Waals surface area (Å²) in [6, 6.07) is 0. The van der Waals surface area contributed by atoms with Crippen molar-refractivity contribution in [2.75, 3.05) is 6.61 Å². The van der Waals surface area contributed by atoms with E-state index in [1.807, 2.05) is 0 Å². The van der Waals surface area contributed by atoms with Crippen LogP contribution >= 0.6 is 0 Å². The zero-order chi connectivity index (χ0) is 10.7. The van der Waals surface area contributed by atoms with Crippen LogP contribution in [-0.4, -0.2) is 52.6 Å². The van der Waals surface area contributed by atoms with Gasteiger partial charge in [-0.25, -0.2) is 4.39 Å². The second kappa shape index (κ2) is 4.54. The molecule has 0 aromatic carbocycles. The number of alkyl halides is 1. The van der Waals surface area contributed by atoms with E-state index in [9.17, 15) is 9.50 Å². The Morgan fingerprint density at radius 3 is 2.57 bits per heavy atom. The Kier molecular flexibility index (Phi) is 3.62. The molecule has 0 aromatic rings. The first-order valence-corrected chi connectivity index (χ1v) is 3.92. The minimum absolute atomic E-state index is 0.595. The lowest BCUT2D eigenvalue weighted by molar-refractivity contribution is -0.210. The maximum atomic E-state index is 13.1. The van der Waals surface area contributed by atoms with Crippen molar-refractivity contribution in [2.45, 2.75) is 30.7 Å². The Bertz CT molecular complexity index is 245. The van der Waals surface area contributed by atoms with Gasteiger partial charge in [0, 0.05) is 4.91 Å². The van der Waals surface area contributed by atoms with Crippen molar-refractivity contribution in [3.05, 3.63) is 10.4 Å². The number of rotatable bonds is 2. The largest absolute Gasteiger partial charge is 0.394 e. The van der Waals surface area contributed by atoms with Crippen LogP contribution in [0.2, 0.25) is 0 Å². The van der Waals surface area contributed by atoms with Crippen molar-refractivity contribution >= 4 is 0 Å². The van der Waals surface area contributed by atoms with E-state index in [1.165, 1.54) is 0 Å². The molecule has 80 valence electrons. The quantitative estimate of drug-likeness (QED) is 0.308. The van der Waals surface area contributed by atoms with E-state index in [0.29, 0.717) is 0 Å². The number of nitrogens with zero attached hydrogens (tertiary/aromatic N) is 3. The van der Waals surface area contributed by atoms with Crippen molar-refractivity contribution in [3.8, 4) is 0 Å². The van der Waals surface area contributed by atoms with Gasteiger partial charge in [0.05, 0.1) is 6.61 Å². The molecule has 0 saturated carbocycles. The second-order valence-electron chi connectivity index (χ2n) is 2.88. The number of aliphatic hydroxyl groups excluding tert-OH is 3. The monoisotopic (exact) mass is 207 g/mol. The van der Waals surface area contributed by atoms with E-state index in [-0.39, 0.29) is 0 Å². The summed E-state index contributed by atoms with van der Waals surface area (Å²) < 4.78 is 17.8. The summed E-state index contributed by atoms with van der Waals surface area (Å²) in [5.74, 6) is 0. The fraction of sp³-hybridized carbons (Fsp3) is 1.00. The first-order valence-electron chi connectivity index (χ1n) is 3.92. The first-order chi connectivity index (χ1) is 6.61. The predicted octanol–water partition coefficient (Wildman–Crippen LogP) is -0.926. The smallest absolute Gasteiger partial charge is 0.170 e. The van der Waals surface area contributed by atoms with Gasteiger partial charge in [0.2, 0.25) is 0 Å². The van der Waals surface area contributed by atoms with E-state index in [4.69, 9.17) is 20.5 Å². The normalized spacial score (nSPS) is 43.0. The Hall–Kier alpha value is -0.920. The molecule has 1 heterocycles. The first kappa shape index (κ1) is 11.2. The van der Waals surface area contributed by atoms with Gasteiger partial charge >= 0.3 is 0 Å². The van der Waals surface area contributed by atoms with E-state index in [2.05, 4.69) is 10.0 Å². The summed E-state index contributed by atoms with van der Waals surface area (Å²) in [7, 11) is 0. The molecule has 0 aromatic heterocycles. The molecule has 0 radical (unpaired) electrons. The molecule has 0 aliphatic carbocycles. The minimum Gasteiger partial charge on any atom is -0.394 e. The zero-order valence-corrected chi connectivity index (χ0v) is 7.06. The molecule has 1 aliphatic heterocycles. The summed E-state index contributed by atoms with van der Waals surface area (Å²) in [5.41, 5.74) is 8.05. The van der Waals surface area contributed by atoms with Gasteiger partial charge in [-0.1, -0.05) is 5.11 Å². The molecule has 0 spiro atoms. The van der Waals surface area contributed by atoms with Crippen LogP contribution in [0.15, 0.2) is 5.11 Å². The summed E-state index contributed by atoms with van der Waals surface area (Å²) >= 11 is 0. The van der Waals surface area contributed by atoms with Crippen molar-refractivity contribution < 1.29 is 24.4 Å². The van der Waals surface area contributed by atoms with Crippen LogP contribution in [0.1, 0.15) is 0 Å². The average molecular weight is 207 g/mol. The molecule has 2 unspecified atom stereocenters. The van der Waals surface area contributed by atoms with E-state index < -0.39 is 37.3 Å². The molecule has 1 aliphatic rings. The fourth-order valence-corrected chi connectivity index (χ4v) is 1.20. The molecule has 5 atom stereocenters. The molecule has 1 rings (SSSR count). The molecule has 7 nitrogen and oxygen atoms in total. The third-order valence-corrected chi connectivity index (χ3v) is 1.99. The highest BCUT2D eigenvalue weighted by molar-refractivity contribution is 4.91. The van der Waals surface area contributed by atoms with Crippen LogP contribution in [0.5, 0.6) is 0 Å². The maximum absolute atomic E-state index is 13.1. The summed E-state index contributed by atoms with van der Waals surface area (Å²) in [4.78, 5) is 2.32. The number of hydrogen-bond acceptors (Lipinski definition) is 5. The van der Waals surface area contributed by atoms with Crippen molar-refractivity contribution in [1.29, 1.82) is 0 Å². The SMILES string of the molecule is [N-]=[N+]=N[C@@H]1OC(CO)[C@@H](O)[C@H](O)C1F. The van der Waals surface area contributed by atoms with E-state index in [1.54, 1.807) is 0 Å². The highest BCUT2D eigenvalue weighted by Crippen LogP contribution is 2.24. The van der Waals surface area contributed by atoms with E-state index in [0.717, 1.165) is 0 Å². The van der Waals surface area contributed by atoms with Crippen LogP contribution in [0.4, 0.5) is 4.39 Å². The number of ether oxygens (including phenoxy) is 1.